The van der Waals surface area contributed by atoms with Crippen LogP contribution in [0.25, 0.3) is 0 Å². The number of anilines is 1. The molecule has 0 unspecified atom stereocenters. The Kier molecular flexibility index (Phi) is 5.76. The van der Waals surface area contributed by atoms with Crippen LogP contribution >= 0.6 is 11.8 Å². The van der Waals surface area contributed by atoms with Crippen molar-refractivity contribution in [2.45, 2.75) is 50.3 Å². The van der Waals surface area contributed by atoms with Crippen molar-refractivity contribution in [3.05, 3.63) is 12.4 Å². The molecule has 1 heterocycles. The molecular formula is C14H23N3OS. The van der Waals surface area contributed by atoms with E-state index >= 15 is 0 Å². The zero-order chi connectivity index (χ0) is 13.5. The smallest absolute Gasteiger partial charge is 0.218 e. The first-order chi connectivity index (χ1) is 9.31. The highest BCUT2D eigenvalue weighted by molar-refractivity contribution is 7.99. The van der Waals surface area contributed by atoms with Gasteiger partial charge in [0.05, 0.1) is 6.61 Å². The fraction of sp³-hybridized carbons (Fsp3) is 0.714. The second-order valence-corrected chi connectivity index (χ2v) is 6.08. The highest BCUT2D eigenvalue weighted by Crippen LogP contribution is 2.28. The SMILES string of the molecule is CCCOc1cc(NC2CCC(SC)CC2)ncn1. The zero-order valence-corrected chi connectivity index (χ0v) is 12.6. The van der Waals surface area contributed by atoms with Gasteiger partial charge in [-0.05, 0) is 38.4 Å². The van der Waals surface area contributed by atoms with E-state index in [1.54, 1.807) is 6.33 Å². The molecule has 1 aliphatic rings. The van der Waals surface area contributed by atoms with Gasteiger partial charge in [-0.1, -0.05) is 6.92 Å². The third-order valence-electron chi connectivity index (χ3n) is 3.46. The number of hydrogen-bond acceptors (Lipinski definition) is 5. The third kappa shape index (κ3) is 4.56. The molecule has 1 saturated carbocycles. The van der Waals surface area contributed by atoms with Gasteiger partial charge in [0.25, 0.3) is 0 Å². The average Bonchev–Trinajstić information content (AvgIpc) is 2.46. The lowest BCUT2D eigenvalue weighted by atomic mass is 9.95. The van der Waals surface area contributed by atoms with Crippen LogP contribution in [0.3, 0.4) is 0 Å². The fourth-order valence-corrected chi connectivity index (χ4v) is 3.10. The van der Waals surface area contributed by atoms with Crippen LogP contribution in [-0.2, 0) is 0 Å². The Morgan fingerprint density at radius 1 is 1.32 bits per heavy atom. The summed E-state index contributed by atoms with van der Waals surface area (Å²) in [6, 6.07) is 2.44. The summed E-state index contributed by atoms with van der Waals surface area (Å²) in [7, 11) is 0. The lowest BCUT2D eigenvalue weighted by Gasteiger charge is -2.28. The molecule has 5 heteroatoms. The van der Waals surface area contributed by atoms with Crippen LogP contribution in [0.5, 0.6) is 5.88 Å². The van der Waals surface area contributed by atoms with Gasteiger partial charge in [0, 0.05) is 17.4 Å². The first-order valence-electron chi connectivity index (χ1n) is 7.06. The summed E-state index contributed by atoms with van der Waals surface area (Å²) in [6.45, 7) is 2.79. The second kappa shape index (κ2) is 7.58. The van der Waals surface area contributed by atoms with Gasteiger partial charge < -0.3 is 10.1 Å². The number of rotatable bonds is 6. The number of nitrogens with zero attached hydrogens (tertiary/aromatic N) is 2. The van der Waals surface area contributed by atoms with Gasteiger partial charge in [-0.15, -0.1) is 0 Å². The molecule has 0 amide bonds. The molecule has 0 bridgehead atoms. The van der Waals surface area contributed by atoms with Crippen molar-refractivity contribution < 1.29 is 4.74 Å². The maximum atomic E-state index is 5.52. The maximum Gasteiger partial charge on any atom is 0.218 e. The average molecular weight is 281 g/mol. The quantitative estimate of drug-likeness (QED) is 0.866. The minimum atomic E-state index is 0.539. The standard InChI is InChI=1S/C14H23N3OS/c1-3-8-18-14-9-13(15-10-16-14)17-11-4-6-12(19-2)7-5-11/h9-12H,3-8H2,1-2H3,(H,15,16,17). The molecule has 1 aromatic heterocycles. The van der Waals surface area contributed by atoms with Gasteiger partial charge >= 0.3 is 0 Å². The third-order valence-corrected chi connectivity index (χ3v) is 4.59. The Bertz CT molecular complexity index is 381. The van der Waals surface area contributed by atoms with Crippen LogP contribution in [0, 0.1) is 0 Å². The summed E-state index contributed by atoms with van der Waals surface area (Å²) in [5, 5.41) is 4.34. The Morgan fingerprint density at radius 2 is 2.11 bits per heavy atom. The molecule has 106 valence electrons. The highest BCUT2D eigenvalue weighted by atomic mass is 32.2. The molecule has 0 radical (unpaired) electrons. The van der Waals surface area contributed by atoms with E-state index in [9.17, 15) is 0 Å². The van der Waals surface area contributed by atoms with Crippen molar-refractivity contribution in [1.82, 2.24) is 9.97 Å². The lowest BCUT2D eigenvalue weighted by molar-refractivity contribution is 0.305. The zero-order valence-electron chi connectivity index (χ0n) is 11.8. The highest BCUT2D eigenvalue weighted by Gasteiger charge is 2.20. The maximum absolute atomic E-state index is 5.52. The molecule has 19 heavy (non-hydrogen) atoms. The monoisotopic (exact) mass is 281 g/mol. The van der Waals surface area contributed by atoms with Crippen molar-refractivity contribution in [3.8, 4) is 5.88 Å². The lowest BCUT2D eigenvalue weighted by Crippen LogP contribution is -2.27. The number of ether oxygens (including phenoxy) is 1. The Morgan fingerprint density at radius 3 is 2.79 bits per heavy atom. The van der Waals surface area contributed by atoms with Gasteiger partial charge in [-0.25, -0.2) is 9.97 Å². The van der Waals surface area contributed by atoms with Crippen LogP contribution < -0.4 is 10.1 Å². The van der Waals surface area contributed by atoms with Crippen LogP contribution in [0.15, 0.2) is 12.4 Å². The van der Waals surface area contributed by atoms with E-state index in [1.807, 2.05) is 17.8 Å². The summed E-state index contributed by atoms with van der Waals surface area (Å²) < 4.78 is 5.52. The minimum absolute atomic E-state index is 0.539. The summed E-state index contributed by atoms with van der Waals surface area (Å²) >= 11 is 1.99. The van der Waals surface area contributed by atoms with E-state index in [4.69, 9.17) is 4.74 Å². The first-order valence-corrected chi connectivity index (χ1v) is 8.34. The summed E-state index contributed by atoms with van der Waals surface area (Å²) in [4.78, 5) is 8.39. The molecule has 1 aromatic rings. The molecule has 1 fully saturated rings. The molecular weight excluding hydrogens is 258 g/mol. The largest absolute Gasteiger partial charge is 0.478 e. The van der Waals surface area contributed by atoms with Gasteiger partial charge in [0.1, 0.15) is 12.1 Å². The Balaban J connectivity index is 1.85. The van der Waals surface area contributed by atoms with E-state index < -0.39 is 0 Å². The van der Waals surface area contributed by atoms with Gasteiger partial charge in [-0.3, -0.25) is 0 Å². The van der Waals surface area contributed by atoms with Gasteiger partial charge in [0.2, 0.25) is 5.88 Å². The van der Waals surface area contributed by atoms with E-state index in [0.29, 0.717) is 18.5 Å². The predicted molar refractivity (Wildman–Crippen MR) is 81.0 cm³/mol. The molecule has 1 N–H and O–H groups in total. The van der Waals surface area contributed by atoms with Crippen LogP contribution in [0.2, 0.25) is 0 Å². The Labute approximate surface area is 119 Å². The molecule has 0 atom stereocenters. The van der Waals surface area contributed by atoms with Crippen molar-refractivity contribution in [1.29, 1.82) is 0 Å². The van der Waals surface area contributed by atoms with Crippen LogP contribution in [0.4, 0.5) is 5.82 Å². The molecule has 0 saturated heterocycles. The second-order valence-electron chi connectivity index (χ2n) is 4.94. The summed E-state index contributed by atoms with van der Waals surface area (Å²) in [5.74, 6) is 1.55. The fourth-order valence-electron chi connectivity index (χ4n) is 2.36. The molecule has 4 nitrogen and oxygen atoms in total. The summed E-state index contributed by atoms with van der Waals surface area (Å²) in [6.07, 6.45) is 9.81. The van der Waals surface area contributed by atoms with Crippen molar-refractivity contribution in [3.63, 3.8) is 0 Å². The minimum Gasteiger partial charge on any atom is -0.478 e. The van der Waals surface area contributed by atoms with Crippen molar-refractivity contribution in [2.24, 2.45) is 0 Å². The predicted octanol–water partition coefficient (Wildman–Crippen LogP) is 3.35. The van der Waals surface area contributed by atoms with Crippen molar-refractivity contribution >= 4 is 17.6 Å². The number of hydrogen-bond donors (Lipinski definition) is 1. The van der Waals surface area contributed by atoms with Crippen molar-refractivity contribution in [2.75, 3.05) is 18.2 Å². The summed E-state index contributed by atoms with van der Waals surface area (Å²) in [5.41, 5.74) is 0. The normalized spacial score (nSPS) is 23.1. The molecule has 0 spiro atoms. The van der Waals surface area contributed by atoms with Crippen LogP contribution in [-0.4, -0.2) is 34.1 Å². The molecule has 2 rings (SSSR count). The van der Waals surface area contributed by atoms with E-state index in [1.165, 1.54) is 25.7 Å². The number of thioether (sulfide) groups is 1. The Hall–Kier alpha value is -0.970. The van der Waals surface area contributed by atoms with Gasteiger partial charge in [-0.2, -0.15) is 11.8 Å². The molecule has 1 aliphatic carbocycles. The number of nitrogens with one attached hydrogen (secondary N) is 1. The van der Waals surface area contributed by atoms with E-state index in [-0.39, 0.29) is 0 Å². The topological polar surface area (TPSA) is 47.0 Å². The van der Waals surface area contributed by atoms with Crippen LogP contribution in [0.1, 0.15) is 39.0 Å². The van der Waals surface area contributed by atoms with Gasteiger partial charge in [0.15, 0.2) is 0 Å². The van der Waals surface area contributed by atoms with E-state index in [0.717, 1.165) is 17.5 Å². The number of aromatic nitrogens is 2. The first kappa shape index (κ1) is 14.4. The molecule has 0 aromatic carbocycles. The molecule has 0 aliphatic heterocycles. The van der Waals surface area contributed by atoms with E-state index in [2.05, 4.69) is 28.5 Å².